The lowest BCUT2D eigenvalue weighted by Crippen LogP contribution is -3.11. The number of nitrogens with zero attached hydrogens (tertiary/aromatic N) is 5. The second kappa shape index (κ2) is 11.2. The van der Waals surface area contributed by atoms with Gasteiger partial charge in [0, 0.05) is 66.4 Å². The van der Waals surface area contributed by atoms with Crippen molar-refractivity contribution >= 4 is 54.9 Å². The maximum atomic E-state index is 13.7. The summed E-state index contributed by atoms with van der Waals surface area (Å²) in [6, 6.07) is 11.0. The van der Waals surface area contributed by atoms with Crippen molar-refractivity contribution < 1.29 is 23.1 Å². The van der Waals surface area contributed by atoms with E-state index in [9.17, 15) is 23.2 Å². The van der Waals surface area contributed by atoms with Gasteiger partial charge in [0.05, 0.1) is 24.2 Å². The zero-order valence-corrected chi connectivity index (χ0v) is 24.0. The number of rotatable bonds is 7. The third kappa shape index (κ3) is 5.73. The molecule has 1 aromatic carbocycles. The molecule has 2 amide bonds. The molecule has 1 N–H and O–H groups in total. The lowest BCUT2D eigenvalue weighted by Gasteiger charge is -2.40. The maximum absolute atomic E-state index is 13.7. The number of fused-ring (bicyclic) bond motifs is 1. The number of nitrogens with one attached hydrogen (secondary N) is 1. The van der Waals surface area contributed by atoms with Gasteiger partial charge >= 0.3 is 5.91 Å². The van der Waals surface area contributed by atoms with Gasteiger partial charge in [0.25, 0.3) is 15.9 Å². The molecule has 2 aliphatic rings. The molecule has 41 heavy (non-hydrogen) atoms. The molecule has 2 fully saturated rings. The summed E-state index contributed by atoms with van der Waals surface area (Å²) in [5.74, 6) is -1.23. The van der Waals surface area contributed by atoms with E-state index in [1.54, 1.807) is 42.6 Å². The van der Waals surface area contributed by atoms with Crippen LogP contribution in [0.4, 0.5) is 0 Å². The number of carbonyl (C=O) groups excluding carboxylic acids is 2. The van der Waals surface area contributed by atoms with Crippen molar-refractivity contribution in [1.29, 1.82) is 0 Å². The van der Waals surface area contributed by atoms with Gasteiger partial charge in [-0.3, -0.25) is 9.78 Å². The Bertz CT molecular complexity index is 1710. The minimum absolute atomic E-state index is 0.00963. The molecule has 0 radical (unpaired) electrons. The van der Waals surface area contributed by atoms with E-state index in [-0.39, 0.29) is 42.1 Å². The van der Waals surface area contributed by atoms with Crippen LogP contribution in [0, 0.1) is 5.21 Å². The van der Waals surface area contributed by atoms with Crippen molar-refractivity contribution in [3.63, 3.8) is 0 Å². The van der Waals surface area contributed by atoms with Crippen LogP contribution >= 0.6 is 22.9 Å². The Morgan fingerprint density at radius 1 is 1.07 bits per heavy atom. The number of piperazine rings is 1. The van der Waals surface area contributed by atoms with E-state index in [1.165, 1.54) is 21.6 Å². The first-order chi connectivity index (χ1) is 19.7. The topological polar surface area (TPSA) is 141 Å². The van der Waals surface area contributed by atoms with Crippen LogP contribution in [0.2, 0.25) is 5.02 Å². The highest BCUT2D eigenvalue weighted by Crippen LogP contribution is 2.33. The standard InChI is InChI=1S/C27H25ClN6O5S2/c28-19-5-4-17-11-25(40-23(17)12-19)41(38,39)32-9-10-33(21(16-32)13-24(35)34(37)20-6-7-20)27(36)26-30-14-18(15-31-26)22-3-1-2-8-29-22/h1-5,8,11-12,14-15,20-21,34H,6-7,9-10,13,16H2. The van der Waals surface area contributed by atoms with Gasteiger partial charge in [0.2, 0.25) is 5.82 Å². The lowest BCUT2D eigenvalue weighted by molar-refractivity contribution is -0.778. The summed E-state index contributed by atoms with van der Waals surface area (Å²) in [5.41, 5.74) is 1.28. The molecule has 1 aliphatic carbocycles. The molecule has 4 aromatic rings. The number of pyridine rings is 1. The number of aromatic nitrogens is 3. The molecule has 4 heterocycles. The van der Waals surface area contributed by atoms with Gasteiger partial charge in [-0.25, -0.2) is 23.2 Å². The van der Waals surface area contributed by atoms with Crippen LogP contribution in [-0.2, 0) is 14.8 Å². The summed E-state index contributed by atoms with van der Waals surface area (Å²) >= 11 is 7.19. The average Bonchev–Trinajstić information content (AvgIpc) is 3.75. The minimum Gasteiger partial charge on any atom is -0.627 e. The predicted molar refractivity (Wildman–Crippen MR) is 153 cm³/mol. The van der Waals surface area contributed by atoms with Gasteiger partial charge in [0.1, 0.15) is 4.21 Å². The molecule has 0 bridgehead atoms. The Morgan fingerprint density at radius 2 is 1.85 bits per heavy atom. The fourth-order valence-electron chi connectivity index (χ4n) is 4.84. The zero-order chi connectivity index (χ0) is 28.7. The number of hydroxylamine groups is 2. The van der Waals surface area contributed by atoms with Crippen molar-refractivity contribution in [1.82, 2.24) is 24.2 Å². The van der Waals surface area contributed by atoms with E-state index in [4.69, 9.17) is 11.6 Å². The van der Waals surface area contributed by atoms with E-state index in [0.29, 0.717) is 29.1 Å². The fourth-order valence-corrected chi connectivity index (χ4v) is 8.14. The van der Waals surface area contributed by atoms with Gasteiger partial charge in [-0.1, -0.05) is 23.7 Å². The zero-order valence-electron chi connectivity index (χ0n) is 21.6. The SMILES string of the molecule is O=C(c1ncc(-c2ccccn2)cn1)N1CCN(S(=O)(=O)c2cc3ccc(Cl)cc3s2)CC1CC(=O)[NH+]([O-])C1CC1. The normalized spacial score (nSPS) is 18.9. The van der Waals surface area contributed by atoms with E-state index in [0.717, 1.165) is 21.4 Å². The molecule has 11 nitrogen and oxygen atoms in total. The van der Waals surface area contributed by atoms with Gasteiger partial charge in [-0.2, -0.15) is 4.31 Å². The second-order valence-electron chi connectivity index (χ2n) is 10.0. The molecular formula is C27H25ClN6O5S2. The predicted octanol–water partition coefficient (Wildman–Crippen LogP) is 2.38. The molecule has 0 spiro atoms. The largest absolute Gasteiger partial charge is 0.627 e. The van der Waals surface area contributed by atoms with Crippen LogP contribution in [0.15, 0.2) is 65.3 Å². The first-order valence-corrected chi connectivity index (χ1v) is 15.6. The Kier molecular flexibility index (Phi) is 7.57. The Hall–Kier alpha value is -3.33. The summed E-state index contributed by atoms with van der Waals surface area (Å²) in [4.78, 5) is 40.5. The summed E-state index contributed by atoms with van der Waals surface area (Å²) in [5, 5.41) is 13.3. The number of quaternary nitrogens is 1. The van der Waals surface area contributed by atoms with Crippen LogP contribution in [-0.4, -0.2) is 76.1 Å². The summed E-state index contributed by atoms with van der Waals surface area (Å²) in [6.07, 6.45) is 5.69. The summed E-state index contributed by atoms with van der Waals surface area (Å²) in [7, 11) is -3.94. The Morgan fingerprint density at radius 3 is 2.56 bits per heavy atom. The number of benzene rings is 1. The Balaban J connectivity index is 1.25. The van der Waals surface area contributed by atoms with Gasteiger partial charge in [0.15, 0.2) is 0 Å². The number of amides is 2. The molecule has 2 atom stereocenters. The highest BCUT2D eigenvalue weighted by Gasteiger charge is 2.41. The minimum atomic E-state index is -3.94. The number of carbonyl (C=O) groups is 2. The maximum Gasteiger partial charge on any atom is 0.314 e. The monoisotopic (exact) mass is 612 g/mol. The molecule has 1 saturated heterocycles. The Labute approximate surface area is 245 Å². The van der Waals surface area contributed by atoms with Crippen molar-refractivity contribution in [2.24, 2.45) is 0 Å². The van der Waals surface area contributed by atoms with Crippen LogP contribution in [0.25, 0.3) is 21.3 Å². The number of sulfonamides is 1. The fraction of sp³-hybridized carbons (Fsp3) is 0.296. The van der Waals surface area contributed by atoms with Gasteiger partial charge < -0.3 is 15.2 Å². The second-order valence-corrected chi connectivity index (χ2v) is 13.7. The third-order valence-electron chi connectivity index (χ3n) is 7.21. The van der Waals surface area contributed by atoms with Crippen molar-refractivity contribution in [2.75, 3.05) is 19.6 Å². The lowest BCUT2D eigenvalue weighted by atomic mass is 10.1. The molecule has 3 aromatic heterocycles. The number of hydrogen-bond acceptors (Lipinski definition) is 9. The van der Waals surface area contributed by atoms with Crippen molar-refractivity contribution in [2.45, 2.75) is 35.6 Å². The summed E-state index contributed by atoms with van der Waals surface area (Å²) < 4.78 is 29.5. The van der Waals surface area contributed by atoms with Gasteiger partial charge in [-0.05, 0) is 35.7 Å². The van der Waals surface area contributed by atoms with Crippen molar-refractivity contribution in [3.05, 3.63) is 77.1 Å². The molecule has 6 rings (SSSR count). The smallest absolute Gasteiger partial charge is 0.314 e. The van der Waals surface area contributed by atoms with E-state index >= 15 is 0 Å². The first kappa shape index (κ1) is 27.8. The highest BCUT2D eigenvalue weighted by atomic mass is 35.5. The molecule has 1 aliphatic heterocycles. The van der Waals surface area contributed by atoms with Crippen LogP contribution in [0.1, 0.15) is 29.9 Å². The van der Waals surface area contributed by atoms with E-state index in [2.05, 4.69) is 15.0 Å². The summed E-state index contributed by atoms with van der Waals surface area (Å²) in [6.45, 7) is -0.120. The van der Waals surface area contributed by atoms with Crippen LogP contribution in [0.3, 0.4) is 0 Å². The van der Waals surface area contributed by atoms with E-state index in [1.807, 2.05) is 6.07 Å². The highest BCUT2D eigenvalue weighted by molar-refractivity contribution is 7.91. The molecule has 212 valence electrons. The van der Waals surface area contributed by atoms with Crippen molar-refractivity contribution in [3.8, 4) is 11.3 Å². The van der Waals surface area contributed by atoms with E-state index < -0.39 is 32.9 Å². The van der Waals surface area contributed by atoms with Crippen LogP contribution in [0.5, 0.6) is 0 Å². The molecular weight excluding hydrogens is 588 g/mol. The molecule has 2 unspecified atom stereocenters. The van der Waals surface area contributed by atoms with Gasteiger partial charge in [-0.15, -0.1) is 11.3 Å². The average molecular weight is 613 g/mol. The molecule has 1 saturated carbocycles. The first-order valence-electron chi connectivity index (χ1n) is 13.0. The molecule has 14 heteroatoms. The quantitative estimate of drug-likeness (QED) is 0.314. The third-order valence-corrected chi connectivity index (χ3v) is 10.9. The number of halogens is 1. The number of hydrogen-bond donors (Lipinski definition) is 1. The number of thiophene rings is 1. The van der Waals surface area contributed by atoms with Crippen LogP contribution < -0.4 is 5.06 Å².